The largest absolute Gasteiger partial charge is 0.198 e. The second kappa shape index (κ2) is 6.19. The van der Waals surface area contributed by atoms with Gasteiger partial charge in [0.25, 0.3) is 0 Å². The SMILES string of the molecule is CCC1CC2CCCC(CC3CC4=CC(C)CC(C#N)(C4)C3)(C1)C2. The van der Waals surface area contributed by atoms with Crippen LogP contribution in [0.25, 0.3) is 0 Å². The molecule has 0 aliphatic heterocycles. The predicted molar refractivity (Wildman–Crippen MR) is 99.3 cm³/mol. The maximum absolute atomic E-state index is 9.91. The average Bonchev–Trinajstić information content (AvgIpc) is 2.53. The Morgan fingerprint density at radius 1 is 1.21 bits per heavy atom. The molecule has 3 fully saturated rings. The van der Waals surface area contributed by atoms with E-state index >= 15 is 0 Å². The molecule has 0 heterocycles. The number of hydrogen-bond acceptors (Lipinski definition) is 1. The molecule has 0 radical (unpaired) electrons. The summed E-state index contributed by atoms with van der Waals surface area (Å²) >= 11 is 0. The van der Waals surface area contributed by atoms with E-state index in [4.69, 9.17) is 0 Å². The van der Waals surface area contributed by atoms with Crippen molar-refractivity contribution >= 4 is 0 Å². The number of allylic oxidation sites excluding steroid dienone is 2. The number of nitriles is 1. The van der Waals surface area contributed by atoms with E-state index in [1.807, 2.05) is 0 Å². The molecule has 24 heavy (non-hydrogen) atoms. The van der Waals surface area contributed by atoms with Gasteiger partial charge in [-0.15, -0.1) is 0 Å². The first-order chi connectivity index (χ1) is 11.5. The van der Waals surface area contributed by atoms with E-state index in [-0.39, 0.29) is 5.41 Å². The summed E-state index contributed by atoms with van der Waals surface area (Å²) in [6, 6.07) is 2.78. The third-order valence-electron chi connectivity index (χ3n) is 7.99. The molecule has 3 saturated carbocycles. The fourth-order valence-corrected chi connectivity index (χ4v) is 7.54. The van der Waals surface area contributed by atoms with Gasteiger partial charge in [0, 0.05) is 0 Å². The molecule has 6 unspecified atom stereocenters. The van der Waals surface area contributed by atoms with Crippen LogP contribution in [0.4, 0.5) is 0 Å². The van der Waals surface area contributed by atoms with Crippen molar-refractivity contribution in [3.05, 3.63) is 11.6 Å². The summed E-state index contributed by atoms with van der Waals surface area (Å²) in [4.78, 5) is 0. The molecular weight excluding hydrogens is 290 g/mol. The fraction of sp³-hybridized carbons (Fsp3) is 0.870. The van der Waals surface area contributed by atoms with Crippen LogP contribution < -0.4 is 0 Å². The molecular formula is C23H35N. The van der Waals surface area contributed by atoms with Crippen LogP contribution in [0.5, 0.6) is 0 Å². The third kappa shape index (κ3) is 3.07. The summed E-state index contributed by atoms with van der Waals surface area (Å²) in [7, 11) is 0. The van der Waals surface area contributed by atoms with Gasteiger partial charge in [-0.3, -0.25) is 0 Å². The van der Waals surface area contributed by atoms with Crippen LogP contribution in [0.3, 0.4) is 0 Å². The summed E-state index contributed by atoms with van der Waals surface area (Å²) in [6.07, 6.45) is 19.0. The number of rotatable bonds is 3. The minimum atomic E-state index is -0.0179. The van der Waals surface area contributed by atoms with Crippen LogP contribution in [0.1, 0.15) is 90.9 Å². The van der Waals surface area contributed by atoms with Gasteiger partial charge in [0.2, 0.25) is 0 Å². The van der Waals surface area contributed by atoms with Gasteiger partial charge in [-0.1, -0.05) is 44.8 Å². The Balaban J connectivity index is 1.52. The van der Waals surface area contributed by atoms with E-state index in [0.29, 0.717) is 11.3 Å². The molecule has 0 N–H and O–H groups in total. The fourth-order valence-electron chi connectivity index (χ4n) is 7.54. The highest BCUT2D eigenvalue weighted by molar-refractivity contribution is 5.22. The molecule has 0 aromatic carbocycles. The molecule has 4 aliphatic carbocycles. The zero-order chi connectivity index (χ0) is 16.8. The highest BCUT2D eigenvalue weighted by Crippen LogP contribution is 2.58. The first kappa shape index (κ1) is 16.7. The Hall–Kier alpha value is -0.770. The Kier molecular flexibility index (Phi) is 4.30. The minimum absolute atomic E-state index is 0.0179. The van der Waals surface area contributed by atoms with Crippen molar-refractivity contribution in [2.45, 2.75) is 90.9 Å². The van der Waals surface area contributed by atoms with E-state index < -0.39 is 0 Å². The van der Waals surface area contributed by atoms with Gasteiger partial charge < -0.3 is 0 Å². The molecule has 1 heteroatoms. The number of nitrogens with zero attached hydrogens (tertiary/aromatic N) is 1. The van der Waals surface area contributed by atoms with Crippen LogP contribution >= 0.6 is 0 Å². The van der Waals surface area contributed by atoms with Gasteiger partial charge in [0.1, 0.15) is 0 Å². The van der Waals surface area contributed by atoms with Crippen LogP contribution in [0.15, 0.2) is 11.6 Å². The highest BCUT2D eigenvalue weighted by atomic mass is 14.5. The molecule has 6 atom stereocenters. The second-order valence-electron chi connectivity index (χ2n) is 10.2. The lowest BCUT2D eigenvalue weighted by molar-refractivity contribution is 0.00745. The third-order valence-corrected chi connectivity index (χ3v) is 7.99. The average molecular weight is 326 g/mol. The lowest BCUT2D eigenvalue weighted by Gasteiger charge is -2.52. The van der Waals surface area contributed by atoms with Crippen LogP contribution in [0.2, 0.25) is 0 Å². The Morgan fingerprint density at radius 3 is 2.88 bits per heavy atom. The standard InChI is InChI=1S/C23H35N/c1-3-18-8-19-5-4-6-22(11-18,12-19)14-21-9-20-7-17(2)10-23(13-20,15-21)16-24/h7,17-19,21H,3-6,8-15H2,1-2H3. The van der Waals surface area contributed by atoms with Gasteiger partial charge in [-0.05, 0) is 86.9 Å². The topological polar surface area (TPSA) is 23.8 Å². The van der Waals surface area contributed by atoms with Crippen molar-refractivity contribution in [3.8, 4) is 6.07 Å². The van der Waals surface area contributed by atoms with Crippen molar-refractivity contribution in [1.82, 2.24) is 0 Å². The van der Waals surface area contributed by atoms with Crippen molar-refractivity contribution < 1.29 is 0 Å². The summed E-state index contributed by atoms with van der Waals surface area (Å²) < 4.78 is 0. The Bertz CT molecular complexity index is 555. The molecule has 4 aliphatic rings. The summed E-state index contributed by atoms with van der Waals surface area (Å²) in [5, 5.41) is 9.91. The molecule has 0 saturated heterocycles. The van der Waals surface area contributed by atoms with E-state index in [0.717, 1.165) is 30.6 Å². The van der Waals surface area contributed by atoms with Gasteiger partial charge >= 0.3 is 0 Å². The zero-order valence-corrected chi connectivity index (χ0v) is 15.8. The van der Waals surface area contributed by atoms with E-state index in [1.165, 1.54) is 64.2 Å². The molecule has 0 spiro atoms. The Labute approximate surface area is 148 Å². The molecule has 4 bridgehead atoms. The van der Waals surface area contributed by atoms with E-state index in [2.05, 4.69) is 26.0 Å². The van der Waals surface area contributed by atoms with Crippen molar-refractivity contribution in [3.63, 3.8) is 0 Å². The first-order valence-electron chi connectivity index (χ1n) is 10.6. The van der Waals surface area contributed by atoms with Gasteiger partial charge in [0.15, 0.2) is 0 Å². The molecule has 0 aromatic rings. The molecule has 0 amide bonds. The van der Waals surface area contributed by atoms with Crippen molar-refractivity contribution in [1.29, 1.82) is 5.26 Å². The maximum atomic E-state index is 9.91. The van der Waals surface area contributed by atoms with Gasteiger partial charge in [-0.25, -0.2) is 0 Å². The van der Waals surface area contributed by atoms with Crippen LogP contribution in [0, 0.1) is 45.8 Å². The normalized spacial score (nSPS) is 47.6. The molecule has 4 rings (SSSR count). The van der Waals surface area contributed by atoms with Gasteiger partial charge in [0.05, 0.1) is 11.5 Å². The van der Waals surface area contributed by atoms with Gasteiger partial charge in [-0.2, -0.15) is 5.26 Å². The summed E-state index contributed by atoms with van der Waals surface area (Å²) in [6.45, 7) is 4.71. The first-order valence-corrected chi connectivity index (χ1v) is 10.6. The molecule has 132 valence electrons. The summed E-state index contributed by atoms with van der Waals surface area (Å²) in [5.41, 5.74) is 2.25. The second-order valence-corrected chi connectivity index (χ2v) is 10.2. The Morgan fingerprint density at radius 2 is 2.08 bits per heavy atom. The molecule has 0 aromatic heterocycles. The number of fused-ring (bicyclic) bond motifs is 4. The van der Waals surface area contributed by atoms with Crippen LogP contribution in [-0.2, 0) is 0 Å². The van der Waals surface area contributed by atoms with E-state index in [9.17, 15) is 5.26 Å². The van der Waals surface area contributed by atoms with E-state index in [1.54, 1.807) is 5.57 Å². The number of hydrogen-bond donors (Lipinski definition) is 0. The maximum Gasteiger partial charge on any atom is 0.0693 e. The molecule has 1 nitrogen and oxygen atoms in total. The summed E-state index contributed by atoms with van der Waals surface area (Å²) in [5.74, 6) is 3.40. The van der Waals surface area contributed by atoms with Crippen LogP contribution in [-0.4, -0.2) is 0 Å². The monoisotopic (exact) mass is 325 g/mol. The predicted octanol–water partition coefficient (Wildman–Crippen LogP) is 6.65. The van der Waals surface area contributed by atoms with Crippen molar-refractivity contribution in [2.24, 2.45) is 34.5 Å². The lowest BCUT2D eigenvalue weighted by atomic mass is 9.53. The lowest BCUT2D eigenvalue weighted by Crippen LogP contribution is -2.41. The zero-order valence-electron chi connectivity index (χ0n) is 15.8. The minimum Gasteiger partial charge on any atom is -0.198 e. The quantitative estimate of drug-likeness (QED) is 0.533. The van der Waals surface area contributed by atoms with Crippen molar-refractivity contribution in [2.75, 3.05) is 0 Å². The highest BCUT2D eigenvalue weighted by Gasteiger charge is 2.47. The smallest absolute Gasteiger partial charge is 0.0693 e.